The van der Waals surface area contributed by atoms with E-state index in [9.17, 15) is 13.6 Å². The van der Waals surface area contributed by atoms with E-state index in [2.05, 4.69) is 27.5 Å². The second-order valence-electron chi connectivity index (χ2n) is 7.12. The van der Waals surface area contributed by atoms with Crippen LogP contribution in [-0.2, 0) is 6.42 Å². The van der Waals surface area contributed by atoms with Gasteiger partial charge in [-0.25, -0.2) is 23.5 Å². The molecule has 0 bridgehead atoms. The quantitative estimate of drug-likeness (QED) is 0.303. The van der Waals surface area contributed by atoms with E-state index in [1.54, 1.807) is 13.2 Å². The van der Waals surface area contributed by atoms with E-state index in [1.807, 2.05) is 30.3 Å². The summed E-state index contributed by atoms with van der Waals surface area (Å²) >= 11 is 1.45. The van der Waals surface area contributed by atoms with Crippen LogP contribution in [0.4, 0.5) is 19.3 Å². The first-order valence-corrected chi connectivity index (χ1v) is 11.0. The van der Waals surface area contributed by atoms with E-state index in [0.29, 0.717) is 5.69 Å². The van der Waals surface area contributed by atoms with E-state index in [1.165, 1.54) is 36.4 Å². The summed E-state index contributed by atoms with van der Waals surface area (Å²) in [6.45, 7) is 2.84. The monoisotopic (exact) mass is 470 g/mol. The van der Waals surface area contributed by atoms with Crippen molar-refractivity contribution in [3.05, 3.63) is 72.7 Å². The van der Waals surface area contributed by atoms with Gasteiger partial charge in [0.25, 0.3) is 5.92 Å². The molecule has 9 heteroatoms. The molecule has 0 spiro atoms. The average Bonchev–Trinajstić information content (AvgIpc) is 2.77. The third-order valence-corrected chi connectivity index (χ3v) is 5.51. The first kappa shape index (κ1) is 24.2. The molecule has 6 nitrogen and oxygen atoms in total. The number of fused-ring (bicyclic) bond motifs is 1. The second-order valence-corrected chi connectivity index (χ2v) is 8.18. The molecule has 0 aliphatic rings. The van der Waals surface area contributed by atoms with Crippen molar-refractivity contribution in [2.75, 3.05) is 12.4 Å². The van der Waals surface area contributed by atoms with Gasteiger partial charge in [-0.1, -0.05) is 30.8 Å². The Labute approximate surface area is 195 Å². The number of amides is 2. The topological polar surface area (TPSA) is 76.1 Å². The number of benzene rings is 2. The van der Waals surface area contributed by atoms with Crippen LogP contribution in [0.3, 0.4) is 0 Å². The van der Waals surface area contributed by atoms with Gasteiger partial charge in [0.15, 0.2) is 0 Å². The molecule has 2 N–H and O–H groups in total. The summed E-state index contributed by atoms with van der Waals surface area (Å²) in [4.78, 5) is 21.7. The number of carbonyl (C=O) groups is 1. The van der Waals surface area contributed by atoms with Gasteiger partial charge >= 0.3 is 6.03 Å². The molecule has 0 aliphatic carbocycles. The molecule has 0 saturated carbocycles. The highest BCUT2D eigenvalue weighted by Crippen LogP contribution is 2.35. The van der Waals surface area contributed by atoms with E-state index in [-0.39, 0.29) is 0 Å². The lowest BCUT2D eigenvalue weighted by Crippen LogP contribution is -2.23. The third-order valence-electron chi connectivity index (χ3n) is 4.50. The van der Waals surface area contributed by atoms with Crippen LogP contribution < -0.4 is 15.4 Å². The molecule has 0 unspecified atom stereocenters. The van der Waals surface area contributed by atoms with Crippen molar-refractivity contribution in [3.63, 3.8) is 0 Å². The number of nitrogens with zero attached hydrogens (tertiary/aromatic N) is 2. The van der Waals surface area contributed by atoms with Crippen LogP contribution in [0.2, 0.25) is 0 Å². The summed E-state index contributed by atoms with van der Waals surface area (Å²) in [7, 11) is 1.64. The number of alkyl halides is 2. The first-order valence-electron chi connectivity index (χ1n) is 10.2. The largest absolute Gasteiger partial charge is 0.496 e. The molecule has 3 aromatic rings. The number of anilines is 1. The zero-order chi connectivity index (χ0) is 23.8. The molecule has 1 aromatic heterocycles. The number of ether oxygens (including phenoxy) is 1. The molecule has 0 aliphatic heterocycles. The predicted molar refractivity (Wildman–Crippen MR) is 127 cm³/mol. The minimum absolute atomic E-state index is 0.491. The molecule has 0 fully saturated rings. The lowest BCUT2D eigenvalue weighted by atomic mass is 10.1. The van der Waals surface area contributed by atoms with Gasteiger partial charge in [-0.15, -0.1) is 0 Å². The SMILES string of the molecule is CCc1cc2ncnc(Sc3cccc(NC(=O)N/C=C/C=C/C(C)(F)F)c3)c2cc1OC. The number of methoxy groups -OCH3 is 1. The molecule has 0 radical (unpaired) electrons. The average molecular weight is 471 g/mol. The molecular weight excluding hydrogens is 446 g/mol. The standard InChI is InChI=1S/C24H24F2N4O2S/c1-4-16-12-20-19(14-21(16)32-3)22(29-15-28-20)33-18-9-7-8-17(13-18)30-23(31)27-11-6-5-10-24(2,25)26/h5-15H,4H2,1-3H3,(H2,27,30,31)/b10-5+,11-6+. The van der Waals surface area contributed by atoms with Gasteiger partial charge in [-0.3, -0.25) is 0 Å². The van der Waals surface area contributed by atoms with Crippen LogP contribution in [0, 0.1) is 0 Å². The number of nitrogens with one attached hydrogen (secondary N) is 2. The van der Waals surface area contributed by atoms with Crippen molar-refractivity contribution >= 4 is 34.4 Å². The van der Waals surface area contributed by atoms with Crippen molar-refractivity contribution in [3.8, 4) is 5.75 Å². The number of aromatic nitrogens is 2. The molecule has 2 amide bonds. The number of hydrogen-bond donors (Lipinski definition) is 2. The molecule has 3 rings (SSSR count). The molecule has 0 saturated heterocycles. The maximum absolute atomic E-state index is 12.7. The van der Waals surface area contributed by atoms with Crippen LogP contribution in [0.5, 0.6) is 5.75 Å². The summed E-state index contributed by atoms with van der Waals surface area (Å²) < 4.78 is 30.9. The first-order chi connectivity index (χ1) is 15.8. The number of aryl methyl sites for hydroxylation is 1. The molecule has 172 valence electrons. The van der Waals surface area contributed by atoms with Crippen molar-refractivity contribution in [2.45, 2.75) is 36.1 Å². The Kier molecular flexibility index (Phi) is 8.00. The zero-order valence-corrected chi connectivity index (χ0v) is 19.2. The van der Waals surface area contributed by atoms with Crippen molar-refractivity contribution in [1.29, 1.82) is 0 Å². The van der Waals surface area contributed by atoms with E-state index in [0.717, 1.165) is 51.6 Å². The molecular formula is C24H24F2N4O2S. The Morgan fingerprint density at radius 3 is 2.76 bits per heavy atom. The lowest BCUT2D eigenvalue weighted by Gasteiger charge is -2.11. The number of allylic oxidation sites excluding steroid dienone is 3. The Bertz CT molecular complexity index is 1190. The minimum atomic E-state index is -2.90. The zero-order valence-electron chi connectivity index (χ0n) is 18.4. The smallest absolute Gasteiger partial charge is 0.323 e. The Balaban J connectivity index is 1.71. The number of hydrogen-bond acceptors (Lipinski definition) is 5. The minimum Gasteiger partial charge on any atom is -0.496 e. The van der Waals surface area contributed by atoms with Crippen LogP contribution in [0.15, 0.2) is 77.1 Å². The van der Waals surface area contributed by atoms with Crippen molar-refractivity contribution in [2.24, 2.45) is 0 Å². The van der Waals surface area contributed by atoms with Crippen molar-refractivity contribution in [1.82, 2.24) is 15.3 Å². The number of urea groups is 1. The maximum Gasteiger partial charge on any atom is 0.323 e. The van der Waals surface area contributed by atoms with Crippen molar-refractivity contribution < 1.29 is 18.3 Å². The van der Waals surface area contributed by atoms with E-state index >= 15 is 0 Å². The normalized spacial score (nSPS) is 11.9. The summed E-state index contributed by atoms with van der Waals surface area (Å²) in [5.74, 6) is -2.11. The number of rotatable bonds is 8. The van der Waals surface area contributed by atoms with E-state index < -0.39 is 12.0 Å². The number of halogens is 2. The van der Waals surface area contributed by atoms with Gasteiger partial charge in [0.1, 0.15) is 17.1 Å². The highest BCUT2D eigenvalue weighted by atomic mass is 32.2. The van der Waals surface area contributed by atoms with Crippen LogP contribution in [-0.4, -0.2) is 29.0 Å². The third kappa shape index (κ3) is 7.01. The predicted octanol–water partition coefficient (Wildman–Crippen LogP) is 6.20. The molecule has 0 atom stereocenters. The summed E-state index contributed by atoms with van der Waals surface area (Å²) in [5, 5.41) is 6.82. The Morgan fingerprint density at radius 2 is 2.03 bits per heavy atom. The van der Waals surface area contributed by atoms with Gasteiger partial charge in [0, 0.05) is 29.1 Å². The summed E-state index contributed by atoms with van der Waals surface area (Å²) in [5.41, 5.74) is 2.48. The summed E-state index contributed by atoms with van der Waals surface area (Å²) in [6.07, 6.45) is 6.86. The Morgan fingerprint density at radius 1 is 1.21 bits per heavy atom. The highest BCUT2D eigenvalue weighted by molar-refractivity contribution is 7.99. The molecule has 1 heterocycles. The van der Waals surface area contributed by atoms with Gasteiger partial charge in [0.2, 0.25) is 0 Å². The Hall–Kier alpha value is -3.46. The van der Waals surface area contributed by atoms with E-state index in [4.69, 9.17) is 4.74 Å². The fraction of sp³-hybridized carbons (Fsp3) is 0.208. The van der Waals surface area contributed by atoms with Gasteiger partial charge in [-0.05, 0) is 54.5 Å². The van der Waals surface area contributed by atoms with Crippen LogP contribution in [0.1, 0.15) is 19.4 Å². The fourth-order valence-corrected chi connectivity index (χ4v) is 3.90. The van der Waals surface area contributed by atoms with Gasteiger partial charge in [0.05, 0.1) is 12.6 Å². The van der Waals surface area contributed by atoms with Crippen LogP contribution in [0.25, 0.3) is 10.9 Å². The summed E-state index contributed by atoms with van der Waals surface area (Å²) in [6, 6.07) is 10.8. The molecule has 33 heavy (non-hydrogen) atoms. The lowest BCUT2D eigenvalue weighted by molar-refractivity contribution is 0.0775. The number of carbonyl (C=O) groups excluding carboxylic acids is 1. The molecule has 2 aromatic carbocycles. The second kappa shape index (κ2) is 10.9. The van der Waals surface area contributed by atoms with Gasteiger partial charge < -0.3 is 15.4 Å². The fourth-order valence-electron chi connectivity index (χ4n) is 2.97. The van der Waals surface area contributed by atoms with Crippen LogP contribution >= 0.6 is 11.8 Å². The highest BCUT2D eigenvalue weighted by Gasteiger charge is 2.14. The maximum atomic E-state index is 12.7. The van der Waals surface area contributed by atoms with Gasteiger partial charge in [-0.2, -0.15) is 0 Å².